The Balaban J connectivity index is 2.76. The van der Waals surface area contributed by atoms with E-state index in [2.05, 4.69) is 10.0 Å². The number of rotatable bonds is 6. The first-order chi connectivity index (χ1) is 7.97. The molecule has 0 aliphatic heterocycles. The van der Waals surface area contributed by atoms with E-state index >= 15 is 0 Å². The fourth-order valence-corrected chi connectivity index (χ4v) is 2.98. The number of hydrogen-bond donors (Lipinski definition) is 2. The van der Waals surface area contributed by atoms with Crippen molar-refractivity contribution < 1.29 is 8.42 Å². The van der Waals surface area contributed by atoms with Crippen LogP contribution in [0.25, 0.3) is 0 Å². The standard InChI is InChI=1S/C11H17ClN2O2S/c1-3-13-6-7-14-17(15,16)11-5-4-9(2)8-10(11)12/h4-5,8,13-14H,3,6-7H2,1-2H3. The van der Waals surface area contributed by atoms with Crippen LogP contribution in [-0.2, 0) is 10.0 Å². The van der Waals surface area contributed by atoms with E-state index in [4.69, 9.17) is 11.6 Å². The molecule has 0 fully saturated rings. The Hall–Kier alpha value is -0.620. The second-order valence-corrected chi connectivity index (χ2v) is 5.83. The normalized spacial score (nSPS) is 11.7. The maximum absolute atomic E-state index is 11.9. The van der Waals surface area contributed by atoms with Crippen LogP contribution >= 0.6 is 11.6 Å². The molecule has 2 N–H and O–H groups in total. The number of likely N-dealkylation sites (N-methyl/N-ethyl adjacent to an activating group) is 1. The molecule has 0 radical (unpaired) electrons. The van der Waals surface area contributed by atoms with Crippen molar-refractivity contribution in [2.75, 3.05) is 19.6 Å². The molecule has 0 saturated carbocycles. The number of benzene rings is 1. The average Bonchev–Trinajstić information content (AvgIpc) is 2.24. The number of nitrogens with one attached hydrogen (secondary N) is 2. The van der Waals surface area contributed by atoms with Crippen molar-refractivity contribution in [2.45, 2.75) is 18.7 Å². The van der Waals surface area contributed by atoms with Gasteiger partial charge in [-0.1, -0.05) is 24.6 Å². The quantitative estimate of drug-likeness (QED) is 0.775. The lowest BCUT2D eigenvalue weighted by Gasteiger charge is -2.09. The number of halogens is 1. The van der Waals surface area contributed by atoms with Crippen molar-refractivity contribution in [1.82, 2.24) is 10.0 Å². The van der Waals surface area contributed by atoms with Crippen LogP contribution in [-0.4, -0.2) is 28.1 Å². The number of sulfonamides is 1. The lowest BCUT2D eigenvalue weighted by Crippen LogP contribution is -2.31. The third-order valence-electron chi connectivity index (χ3n) is 2.22. The summed E-state index contributed by atoms with van der Waals surface area (Å²) in [6.07, 6.45) is 0. The molecule has 1 aromatic carbocycles. The van der Waals surface area contributed by atoms with E-state index in [1.165, 1.54) is 6.07 Å². The molecule has 96 valence electrons. The monoisotopic (exact) mass is 276 g/mol. The summed E-state index contributed by atoms with van der Waals surface area (Å²) in [5.41, 5.74) is 0.932. The highest BCUT2D eigenvalue weighted by Crippen LogP contribution is 2.21. The maximum atomic E-state index is 11.9. The van der Waals surface area contributed by atoms with E-state index in [1.807, 2.05) is 13.8 Å². The zero-order chi connectivity index (χ0) is 12.9. The number of aryl methyl sites for hydroxylation is 1. The molecule has 0 saturated heterocycles. The van der Waals surface area contributed by atoms with E-state index in [-0.39, 0.29) is 9.92 Å². The molecular weight excluding hydrogens is 260 g/mol. The summed E-state index contributed by atoms with van der Waals surface area (Å²) in [7, 11) is -3.51. The fraction of sp³-hybridized carbons (Fsp3) is 0.455. The van der Waals surface area contributed by atoms with Crippen molar-refractivity contribution in [1.29, 1.82) is 0 Å². The van der Waals surface area contributed by atoms with Crippen molar-refractivity contribution in [2.24, 2.45) is 0 Å². The summed E-state index contributed by atoms with van der Waals surface area (Å²) in [6, 6.07) is 4.89. The van der Waals surface area contributed by atoms with Crippen molar-refractivity contribution in [3.63, 3.8) is 0 Å². The highest BCUT2D eigenvalue weighted by molar-refractivity contribution is 7.89. The summed E-state index contributed by atoms with van der Waals surface area (Å²) >= 11 is 5.92. The van der Waals surface area contributed by atoms with E-state index in [0.717, 1.165) is 12.1 Å². The molecule has 0 amide bonds. The summed E-state index contributed by atoms with van der Waals surface area (Å²) in [6.45, 7) is 5.58. The van der Waals surface area contributed by atoms with E-state index < -0.39 is 10.0 Å². The predicted molar refractivity (Wildman–Crippen MR) is 69.9 cm³/mol. The lowest BCUT2D eigenvalue weighted by atomic mass is 10.2. The van der Waals surface area contributed by atoms with Gasteiger partial charge in [-0.25, -0.2) is 13.1 Å². The molecule has 1 rings (SSSR count). The maximum Gasteiger partial charge on any atom is 0.242 e. The third kappa shape index (κ3) is 4.27. The van der Waals surface area contributed by atoms with Gasteiger partial charge < -0.3 is 5.32 Å². The minimum atomic E-state index is -3.51. The molecule has 0 bridgehead atoms. The van der Waals surface area contributed by atoms with Crippen LogP contribution in [0.1, 0.15) is 12.5 Å². The molecule has 0 aliphatic carbocycles. The molecule has 0 aromatic heterocycles. The van der Waals surface area contributed by atoms with Crippen molar-refractivity contribution in [3.05, 3.63) is 28.8 Å². The van der Waals surface area contributed by atoms with E-state index in [9.17, 15) is 8.42 Å². The van der Waals surface area contributed by atoms with Crippen LogP contribution in [0, 0.1) is 6.92 Å². The largest absolute Gasteiger partial charge is 0.316 e. The molecule has 6 heteroatoms. The van der Waals surface area contributed by atoms with Gasteiger partial charge in [0, 0.05) is 13.1 Å². The molecule has 0 heterocycles. The summed E-state index contributed by atoms with van der Waals surface area (Å²) in [5, 5.41) is 3.29. The summed E-state index contributed by atoms with van der Waals surface area (Å²) < 4.78 is 26.3. The van der Waals surface area contributed by atoms with Crippen LogP contribution in [0.4, 0.5) is 0 Å². The molecule has 0 spiro atoms. The SMILES string of the molecule is CCNCCNS(=O)(=O)c1ccc(C)cc1Cl. The van der Waals surface area contributed by atoms with Gasteiger partial charge in [0.05, 0.1) is 5.02 Å². The second-order valence-electron chi connectivity index (χ2n) is 3.69. The molecule has 0 aliphatic rings. The topological polar surface area (TPSA) is 58.2 Å². The van der Waals surface area contributed by atoms with Gasteiger partial charge >= 0.3 is 0 Å². The molecule has 0 unspecified atom stereocenters. The molecular formula is C11H17ClN2O2S. The Morgan fingerprint density at radius 1 is 1.29 bits per heavy atom. The van der Waals surface area contributed by atoms with Crippen LogP contribution in [0.3, 0.4) is 0 Å². The Kier molecular flexibility index (Phi) is 5.39. The zero-order valence-electron chi connectivity index (χ0n) is 9.96. The van der Waals surface area contributed by atoms with Crippen molar-refractivity contribution in [3.8, 4) is 0 Å². The smallest absolute Gasteiger partial charge is 0.242 e. The van der Waals surface area contributed by atoms with E-state index in [0.29, 0.717) is 13.1 Å². The van der Waals surface area contributed by atoms with Gasteiger partial charge in [-0.3, -0.25) is 0 Å². The second kappa shape index (κ2) is 6.35. The van der Waals surface area contributed by atoms with Gasteiger partial charge in [0.25, 0.3) is 0 Å². The molecule has 1 aromatic rings. The van der Waals surface area contributed by atoms with Gasteiger partial charge in [0.15, 0.2) is 0 Å². The minimum Gasteiger partial charge on any atom is -0.316 e. The first-order valence-corrected chi connectivity index (χ1v) is 7.30. The van der Waals surface area contributed by atoms with Gasteiger partial charge in [-0.2, -0.15) is 0 Å². The Bertz CT molecular complexity index is 474. The molecule has 4 nitrogen and oxygen atoms in total. The van der Waals surface area contributed by atoms with Crippen LogP contribution < -0.4 is 10.0 Å². The first kappa shape index (κ1) is 14.4. The fourth-order valence-electron chi connectivity index (χ4n) is 1.35. The van der Waals surface area contributed by atoms with Crippen LogP contribution in [0.5, 0.6) is 0 Å². The van der Waals surface area contributed by atoms with Crippen LogP contribution in [0.2, 0.25) is 5.02 Å². The highest BCUT2D eigenvalue weighted by Gasteiger charge is 2.16. The van der Waals surface area contributed by atoms with Crippen LogP contribution in [0.15, 0.2) is 23.1 Å². The molecule has 17 heavy (non-hydrogen) atoms. The van der Waals surface area contributed by atoms with E-state index in [1.54, 1.807) is 12.1 Å². The number of hydrogen-bond acceptors (Lipinski definition) is 3. The highest BCUT2D eigenvalue weighted by atomic mass is 35.5. The first-order valence-electron chi connectivity index (χ1n) is 5.44. The lowest BCUT2D eigenvalue weighted by molar-refractivity contribution is 0.577. The third-order valence-corrected chi connectivity index (χ3v) is 4.16. The van der Waals surface area contributed by atoms with Gasteiger partial charge in [-0.15, -0.1) is 0 Å². The van der Waals surface area contributed by atoms with Gasteiger partial charge in [0.2, 0.25) is 10.0 Å². The Labute approximate surface area is 107 Å². The minimum absolute atomic E-state index is 0.126. The summed E-state index contributed by atoms with van der Waals surface area (Å²) in [5.74, 6) is 0. The molecule has 0 atom stereocenters. The van der Waals surface area contributed by atoms with Gasteiger partial charge in [0.1, 0.15) is 4.90 Å². The van der Waals surface area contributed by atoms with Crippen molar-refractivity contribution >= 4 is 21.6 Å². The predicted octanol–water partition coefficient (Wildman–Crippen LogP) is 1.54. The Morgan fingerprint density at radius 2 is 2.00 bits per heavy atom. The Morgan fingerprint density at radius 3 is 2.59 bits per heavy atom. The van der Waals surface area contributed by atoms with Gasteiger partial charge in [-0.05, 0) is 31.2 Å². The summed E-state index contributed by atoms with van der Waals surface area (Å²) in [4.78, 5) is 0.126. The average molecular weight is 277 g/mol. The zero-order valence-corrected chi connectivity index (χ0v) is 11.5.